The van der Waals surface area contributed by atoms with Crippen molar-refractivity contribution in [3.63, 3.8) is 0 Å². The van der Waals surface area contributed by atoms with Gasteiger partial charge in [0.2, 0.25) is 0 Å². The van der Waals surface area contributed by atoms with E-state index < -0.39 is 0 Å². The van der Waals surface area contributed by atoms with E-state index in [1.165, 1.54) is 12.8 Å². The Bertz CT molecular complexity index is 506. The lowest BCUT2D eigenvalue weighted by Gasteiger charge is -2.09. The number of phenols is 1. The molecule has 0 fully saturated rings. The van der Waals surface area contributed by atoms with Gasteiger partial charge in [0.1, 0.15) is 17.2 Å². The lowest BCUT2D eigenvalue weighted by atomic mass is 10.1. The molecular weight excluding hydrogens is 236 g/mol. The van der Waals surface area contributed by atoms with Crippen LogP contribution in [-0.2, 0) is 6.42 Å². The Morgan fingerprint density at radius 2 is 1.74 bits per heavy atom. The number of benzene rings is 2. The number of aryl methyl sites for hydroxylation is 1. The Kier molecular flexibility index (Phi) is 4.85. The van der Waals surface area contributed by atoms with Gasteiger partial charge in [0, 0.05) is 0 Å². The number of hydrogen-bond donors (Lipinski definition) is 1. The molecule has 0 radical (unpaired) electrons. The van der Waals surface area contributed by atoms with E-state index in [-0.39, 0.29) is 0 Å². The van der Waals surface area contributed by atoms with E-state index >= 15 is 0 Å². The molecule has 0 aliphatic carbocycles. The summed E-state index contributed by atoms with van der Waals surface area (Å²) in [4.78, 5) is 0. The molecule has 0 atom stereocenters. The molecule has 2 aromatic carbocycles. The van der Waals surface area contributed by atoms with Crippen LogP contribution in [0.3, 0.4) is 0 Å². The fourth-order valence-electron chi connectivity index (χ4n) is 2.02. The third-order valence-electron chi connectivity index (χ3n) is 3.08. The van der Waals surface area contributed by atoms with Crippen LogP contribution in [0.15, 0.2) is 48.5 Å². The highest BCUT2D eigenvalue weighted by atomic mass is 16.5. The Morgan fingerprint density at radius 1 is 0.947 bits per heavy atom. The summed E-state index contributed by atoms with van der Waals surface area (Å²) in [6, 6.07) is 15.1. The fourth-order valence-corrected chi connectivity index (χ4v) is 2.02. The van der Waals surface area contributed by atoms with Gasteiger partial charge < -0.3 is 9.84 Å². The Balaban J connectivity index is 2.07. The third kappa shape index (κ3) is 4.02. The molecule has 0 saturated carbocycles. The molecule has 0 amide bonds. The van der Waals surface area contributed by atoms with Gasteiger partial charge in [0.15, 0.2) is 0 Å². The van der Waals surface area contributed by atoms with E-state index in [1.54, 1.807) is 12.1 Å². The number of rotatable bonds is 6. The largest absolute Gasteiger partial charge is 0.508 e. The van der Waals surface area contributed by atoms with Crippen LogP contribution >= 0.6 is 0 Å². The summed E-state index contributed by atoms with van der Waals surface area (Å²) in [6.45, 7) is 2.18. The maximum Gasteiger partial charge on any atom is 0.127 e. The molecule has 0 aliphatic heterocycles. The van der Waals surface area contributed by atoms with E-state index in [4.69, 9.17) is 4.74 Å². The molecule has 0 aromatic heterocycles. The summed E-state index contributed by atoms with van der Waals surface area (Å²) in [6.07, 6.45) is 4.36. The molecular formula is C17H20O2. The normalized spacial score (nSPS) is 10.4. The summed E-state index contributed by atoms with van der Waals surface area (Å²) in [5.41, 5.74) is 0.960. The lowest BCUT2D eigenvalue weighted by Crippen LogP contribution is -1.89. The van der Waals surface area contributed by atoms with Crippen molar-refractivity contribution >= 4 is 0 Å². The van der Waals surface area contributed by atoms with Crippen LogP contribution in [-0.4, -0.2) is 5.11 Å². The number of unbranched alkanes of at least 4 members (excludes halogenated alkanes) is 2. The van der Waals surface area contributed by atoms with E-state index in [2.05, 4.69) is 6.92 Å². The summed E-state index contributed by atoms with van der Waals surface area (Å²) in [5, 5.41) is 9.84. The summed E-state index contributed by atoms with van der Waals surface area (Å²) in [7, 11) is 0. The minimum atomic E-state index is 0.358. The predicted octanol–water partition coefficient (Wildman–Crippen LogP) is 4.92. The van der Waals surface area contributed by atoms with Gasteiger partial charge in [-0.2, -0.15) is 0 Å². The van der Waals surface area contributed by atoms with Crippen molar-refractivity contribution in [1.82, 2.24) is 0 Å². The van der Waals surface area contributed by atoms with Gasteiger partial charge in [0.05, 0.1) is 0 Å². The van der Waals surface area contributed by atoms with Crippen LogP contribution in [0.4, 0.5) is 0 Å². The van der Waals surface area contributed by atoms with E-state index in [9.17, 15) is 5.11 Å². The average molecular weight is 256 g/mol. The standard InChI is InChI=1S/C17H20O2/c1-2-3-5-8-14-13-16(11-12-17(14)18)19-15-9-6-4-7-10-15/h4,6-7,9-13,18H,2-3,5,8H2,1H3. The highest BCUT2D eigenvalue weighted by molar-refractivity contribution is 5.41. The van der Waals surface area contributed by atoms with Crippen molar-refractivity contribution in [2.75, 3.05) is 0 Å². The van der Waals surface area contributed by atoms with Gasteiger partial charge in [-0.1, -0.05) is 38.0 Å². The van der Waals surface area contributed by atoms with Crippen molar-refractivity contribution in [3.8, 4) is 17.2 Å². The maximum atomic E-state index is 9.84. The smallest absolute Gasteiger partial charge is 0.127 e. The first-order valence-electron chi connectivity index (χ1n) is 6.84. The molecule has 2 heteroatoms. The van der Waals surface area contributed by atoms with Crippen molar-refractivity contribution in [1.29, 1.82) is 0 Å². The quantitative estimate of drug-likeness (QED) is 0.743. The summed E-state index contributed by atoms with van der Waals surface area (Å²) < 4.78 is 5.77. The zero-order valence-corrected chi connectivity index (χ0v) is 11.3. The van der Waals surface area contributed by atoms with Gasteiger partial charge >= 0.3 is 0 Å². The molecule has 0 saturated heterocycles. The van der Waals surface area contributed by atoms with Crippen molar-refractivity contribution in [3.05, 3.63) is 54.1 Å². The van der Waals surface area contributed by atoms with Gasteiger partial charge in [-0.05, 0) is 48.7 Å². The molecule has 2 nitrogen and oxygen atoms in total. The number of hydrogen-bond acceptors (Lipinski definition) is 2. The minimum absolute atomic E-state index is 0.358. The first-order valence-corrected chi connectivity index (χ1v) is 6.84. The number of ether oxygens (including phenoxy) is 1. The molecule has 0 heterocycles. The molecule has 2 rings (SSSR count). The Labute approximate surface area is 114 Å². The summed E-state index contributed by atoms with van der Waals surface area (Å²) in [5.74, 6) is 1.94. The predicted molar refractivity (Wildman–Crippen MR) is 77.9 cm³/mol. The van der Waals surface area contributed by atoms with Gasteiger partial charge in [-0.25, -0.2) is 0 Å². The third-order valence-corrected chi connectivity index (χ3v) is 3.08. The first-order chi connectivity index (χ1) is 9.29. The molecule has 19 heavy (non-hydrogen) atoms. The van der Waals surface area contributed by atoms with E-state index in [0.29, 0.717) is 5.75 Å². The fraction of sp³-hybridized carbons (Fsp3) is 0.294. The zero-order valence-electron chi connectivity index (χ0n) is 11.3. The monoisotopic (exact) mass is 256 g/mol. The van der Waals surface area contributed by atoms with Gasteiger partial charge in [-0.15, -0.1) is 0 Å². The highest BCUT2D eigenvalue weighted by Crippen LogP contribution is 2.28. The molecule has 0 unspecified atom stereocenters. The van der Waals surface area contributed by atoms with E-state index in [0.717, 1.165) is 29.9 Å². The Morgan fingerprint density at radius 3 is 2.47 bits per heavy atom. The van der Waals surface area contributed by atoms with Crippen LogP contribution in [0, 0.1) is 0 Å². The van der Waals surface area contributed by atoms with Crippen LogP contribution in [0.25, 0.3) is 0 Å². The molecule has 0 spiro atoms. The van der Waals surface area contributed by atoms with Crippen molar-refractivity contribution < 1.29 is 9.84 Å². The SMILES string of the molecule is CCCCCc1cc(Oc2ccccc2)ccc1O. The van der Waals surface area contributed by atoms with Crippen LogP contribution < -0.4 is 4.74 Å². The lowest BCUT2D eigenvalue weighted by molar-refractivity contribution is 0.456. The number of para-hydroxylation sites is 1. The molecule has 1 N–H and O–H groups in total. The second kappa shape index (κ2) is 6.83. The molecule has 0 bridgehead atoms. The van der Waals surface area contributed by atoms with Crippen LogP contribution in [0.1, 0.15) is 31.7 Å². The highest BCUT2D eigenvalue weighted by Gasteiger charge is 2.04. The average Bonchev–Trinajstić information content (AvgIpc) is 2.44. The van der Waals surface area contributed by atoms with Crippen LogP contribution in [0.5, 0.6) is 17.2 Å². The minimum Gasteiger partial charge on any atom is -0.508 e. The Hall–Kier alpha value is -1.96. The number of phenolic OH excluding ortho intramolecular Hbond substituents is 1. The molecule has 2 aromatic rings. The second-order valence-electron chi connectivity index (χ2n) is 4.66. The number of aromatic hydroxyl groups is 1. The van der Waals surface area contributed by atoms with Gasteiger partial charge in [-0.3, -0.25) is 0 Å². The van der Waals surface area contributed by atoms with Crippen LogP contribution in [0.2, 0.25) is 0 Å². The first kappa shape index (κ1) is 13.5. The summed E-state index contributed by atoms with van der Waals surface area (Å²) >= 11 is 0. The molecule has 100 valence electrons. The van der Waals surface area contributed by atoms with Crippen molar-refractivity contribution in [2.45, 2.75) is 32.6 Å². The maximum absolute atomic E-state index is 9.84. The topological polar surface area (TPSA) is 29.5 Å². The second-order valence-corrected chi connectivity index (χ2v) is 4.66. The van der Waals surface area contributed by atoms with E-state index in [1.807, 2.05) is 36.4 Å². The van der Waals surface area contributed by atoms with Gasteiger partial charge in [0.25, 0.3) is 0 Å². The zero-order chi connectivity index (χ0) is 13.5. The van der Waals surface area contributed by atoms with Crippen molar-refractivity contribution in [2.24, 2.45) is 0 Å². The molecule has 0 aliphatic rings.